The molecule has 2 nitrogen and oxygen atoms in total. The molecular formula is C16H19BrN2. The average molecular weight is 319 g/mol. The summed E-state index contributed by atoms with van der Waals surface area (Å²) in [5.74, 6) is 0. The third kappa shape index (κ3) is 4.44. The van der Waals surface area contributed by atoms with Gasteiger partial charge in [-0.15, -0.1) is 0 Å². The summed E-state index contributed by atoms with van der Waals surface area (Å²) < 4.78 is 1.12. The van der Waals surface area contributed by atoms with Gasteiger partial charge in [0.1, 0.15) is 0 Å². The van der Waals surface area contributed by atoms with Crippen LogP contribution in [0.4, 0.5) is 0 Å². The van der Waals surface area contributed by atoms with E-state index in [9.17, 15) is 0 Å². The number of hydrogen-bond donors (Lipinski definition) is 1. The Morgan fingerprint density at radius 1 is 1.11 bits per heavy atom. The minimum absolute atomic E-state index is 0.351. The number of nitrogens with zero attached hydrogens (tertiary/aromatic N) is 1. The van der Waals surface area contributed by atoms with Gasteiger partial charge in [0.25, 0.3) is 0 Å². The van der Waals surface area contributed by atoms with Crippen molar-refractivity contribution in [3.05, 3.63) is 64.4 Å². The van der Waals surface area contributed by atoms with Crippen LogP contribution in [0.1, 0.15) is 30.5 Å². The van der Waals surface area contributed by atoms with Crippen molar-refractivity contribution < 1.29 is 0 Å². The molecule has 2 rings (SSSR count). The molecule has 19 heavy (non-hydrogen) atoms. The molecule has 1 N–H and O–H groups in total. The van der Waals surface area contributed by atoms with E-state index in [0.717, 1.165) is 23.9 Å². The van der Waals surface area contributed by atoms with Crippen molar-refractivity contribution in [3.8, 4) is 0 Å². The molecule has 0 saturated carbocycles. The molecule has 1 heterocycles. The van der Waals surface area contributed by atoms with Crippen LogP contribution in [0.2, 0.25) is 0 Å². The van der Waals surface area contributed by atoms with E-state index in [1.807, 2.05) is 12.4 Å². The zero-order valence-electron chi connectivity index (χ0n) is 11.1. The van der Waals surface area contributed by atoms with E-state index in [0.29, 0.717) is 6.04 Å². The molecule has 1 unspecified atom stereocenters. The first-order chi connectivity index (χ1) is 9.29. The quantitative estimate of drug-likeness (QED) is 0.866. The Morgan fingerprint density at radius 3 is 2.42 bits per heavy atom. The summed E-state index contributed by atoms with van der Waals surface area (Å²) in [5.41, 5.74) is 2.64. The second-order valence-corrected chi connectivity index (χ2v) is 5.53. The van der Waals surface area contributed by atoms with Gasteiger partial charge in [0.15, 0.2) is 0 Å². The van der Waals surface area contributed by atoms with Crippen molar-refractivity contribution in [1.29, 1.82) is 0 Å². The van der Waals surface area contributed by atoms with E-state index < -0.39 is 0 Å². The molecular weight excluding hydrogens is 300 g/mol. The summed E-state index contributed by atoms with van der Waals surface area (Å²) >= 11 is 3.47. The van der Waals surface area contributed by atoms with Crippen molar-refractivity contribution in [3.63, 3.8) is 0 Å². The lowest BCUT2D eigenvalue weighted by atomic mass is 9.99. The monoisotopic (exact) mass is 318 g/mol. The highest BCUT2D eigenvalue weighted by Crippen LogP contribution is 2.19. The van der Waals surface area contributed by atoms with Crippen LogP contribution in [-0.4, -0.2) is 11.5 Å². The number of halogens is 1. The molecule has 0 bridgehead atoms. The smallest absolute Gasteiger partial charge is 0.0361 e. The second-order valence-electron chi connectivity index (χ2n) is 4.62. The Labute approximate surface area is 123 Å². The number of hydrogen-bond acceptors (Lipinski definition) is 2. The van der Waals surface area contributed by atoms with Gasteiger partial charge in [0.2, 0.25) is 0 Å². The van der Waals surface area contributed by atoms with Crippen LogP contribution in [0.25, 0.3) is 0 Å². The van der Waals surface area contributed by atoms with Crippen LogP contribution in [0.5, 0.6) is 0 Å². The first kappa shape index (κ1) is 14.2. The zero-order chi connectivity index (χ0) is 13.5. The van der Waals surface area contributed by atoms with Crippen LogP contribution >= 0.6 is 15.9 Å². The van der Waals surface area contributed by atoms with Crippen molar-refractivity contribution in [2.24, 2.45) is 0 Å². The molecule has 0 saturated heterocycles. The molecule has 1 aromatic heterocycles. The summed E-state index contributed by atoms with van der Waals surface area (Å²) in [7, 11) is 0. The predicted molar refractivity (Wildman–Crippen MR) is 83.1 cm³/mol. The van der Waals surface area contributed by atoms with Crippen molar-refractivity contribution in [2.45, 2.75) is 25.8 Å². The number of nitrogens with one attached hydrogen (secondary N) is 1. The van der Waals surface area contributed by atoms with Crippen LogP contribution < -0.4 is 5.32 Å². The van der Waals surface area contributed by atoms with Gasteiger partial charge < -0.3 is 5.32 Å². The third-order valence-electron chi connectivity index (χ3n) is 3.10. The third-order valence-corrected chi connectivity index (χ3v) is 3.63. The van der Waals surface area contributed by atoms with Crippen molar-refractivity contribution in [1.82, 2.24) is 10.3 Å². The van der Waals surface area contributed by atoms with Gasteiger partial charge >= 0.3 is 0 Å². The van der Waals surface area contributed by atoms with E-state index in [1.54, 1.807) is 0 Å². The molecule has 0 amide bonds. The molecule has 0 spiro atoms. The van der Waals surface area contributed by atoms with Gasteiger partial charge in [-0.1, -0.05) is 35.0 Å². The van der Waals surface area contributed by atoms with Gasteiger partial charge in [0.05, 0.1) is 0 Å². The van der Waals surface area contributed by atoms with Crippen LogP contribution in [0, 0.1) is 0 Å². The number of aromatic nitrogens is 1. The van der Waals surface area contributed by atoms with Gasteiger partial charge in [-0.25, -0.2) is 0 Å². The van der Waals surface area contributed by atoms with E-state index in [1.165, 1.54) is 11.1 Å². The maximum atomic E-state index is 4.09. The van der Waals surface area contributed by atoms with Crippen molar-refractivity contribution in [2.75, 3.05) is 6.54 Å². The van der Waals surface area contributed by atoms with Crippen LogP contribution in [0.15, 0.2) is 53.3 Å². The number of rotatable bonds is 6. The molecule has 100 valence electrons. The van der Waals surface area contributed by atoms with Gasteiger partial charge in [-0.2, -0.15) is 0 Å². The Bertz CT molecular complexity index is 482. The Morgan fingerprint density at radius 2 is 1.79 bits per heavy atom. The lowest BCUT2D eigenvalue weighted by Gasteiger charge is -2.19. The van der Waals surface area contributed by atoms with Gasteiger partial charge in [0, 0.05) is 22.9 Å². The topological polar surface area (TPSA) is 24.9 Å². The summed E-state index contributed by atoms with van der Waals surface area (Å²) in [5, 5.41) is 3.61. The maximum absolute atomic E-state index is 4.09. The number of benzene rings is 1. The summed E-state index contributed by atoms with van der Waals surface area (Å²) in [4.78, 5) is 4.09. The Kier molecular flexibility index (Phi) is 5.55. The maximum Gasteiger partial charge on any atom is 0.0361 e. The highest BCUT2D eigenvalue weighted by molar-refractivity contribution is 9.10. The highest BCUT2D eigenvalue weighted by Gasteiger charge is 2.11. The first-order valence-corrected chi connectivity index (χ1v) is 7.46. The predicted octanol–water partition coefficient (Wildman–Crippen LogP) is 4.13. The Balaban J connectivity index is 2.11. The van der Waals surface area contributed by atoms with Crippen LogP contribution in [0.3, 0.4) is 0 Å². The van der Waals surface area contributed by atoms with E-state index >= 15 is 0 Å². The SMILES string of the molecule is CCCNC(Cc1ccc(Br)cc1)c1ccncc1. The molecule has 3 heteroatoms. The average Bonchev–Trinajstić information content (AvgIpc) is 2.46. The molecule has 2 aromatic rings. The second kappa shape index (κ2) is 7.41. The van der Waals surface area contributed by atoms with Crippen molar-refractivity contribution >= 4 is 15.9 Å². The standard InChI is InChI=1S/C16H19BrN2/c1-2-9-19-16(14-7-10-18-11-8-14)12-13-3-5-15(17)6-4-13/h3-8,10-11,16,19H,2,9,12H2,1H3. The molecule has 0 aliphatic heterocycles. The molecule has 1 aromatic carbocycles. The van der Waals surface area contributed by atoms with Crippen LogP contribution in [-0.2, 0) is 6.42 Å². The fourth-order valence-electron chi connectivity index (χ4n) is 2.08. The molecule has 0 aliphatic rings. The largest absolute Gasteiger partial charge is 0.310 e. The number of pyridine rings is 1. The first-order valence-electron chi connectivity index (χ1n) is 6.67. The summed E-state index contributed by atoms with van der Waals surface area (Å²) in [6, 6.07) is 13.1. The minimum atomic E-state index is 0.351. The molecule has 0 aliphatic carbocycles. The lowest BCUT2D eigenvalue weighted by Crippen LogP contribution is -2.24. The summed E-state index contributed by atoms with van der Waals surface area (Å²) in [6.45, 7) is 3.22. The van der Waals surface area contributed by atoms with E-state index in [4.69, 9.17) is 0 Å². The fraction of sp³-hybridized carbons (Fsp3) is 0.312. The van der Waals surface area contributed by atoms with E-state index in [-0.39, 0.29) is 0 Å². The van der Waals surface area contributed by atoms with Gasteiger partial charge in [-0.3, -0.25) is 4.98 Å². The Hall–Kier alpha value is -1.19. The molecule has 0 radical (unpaired) electrons. The van der Waals surface area contributed by atoms with Gasteiger partial charge in [-0.05, 0) is 54.8 Å². The van der Waals surface area contributed by atoms with E-state index in [2.05, 4.69) is 69.6 Å². The minimum Gasteiger partial charge on any atom is -0.310 e. The fourth-order valence-corrected chi connectivity index (χ4v) is 2.34. The summed E-state index contributed by atoms with van der Waals surface area (Å²) in [6.07, 6.45) is 5.86. The molecule has 0 fully saturated rings. The lowest BCUT2D eigenvalue weighted by molar-refractivity contribution is 0.529. The molecule has 1 atom stereocenters. The normalized spacial score (nSPS) is 12.3. The zero-order valence-corrected chi connectivity index (χ0v) is 12.7. The highest BCUT2D eigenvalue weighted by atomic mass is 79.9.